The normalized spacial score (nSPS) is 9.55. The molecule has 4 nitrogen and oxygen atoms in total. The molecule has 0 aromatic heterocycles. The van der Waals surface area contributed by atoms with Crippen molar-refractivity contribution in [1.82, 2.24) is 0 Å². The lowest BCUT2D eigenvalue weighted by atomic mass is 10.1. The number of carbonyl (C=O) groups excluding carboxylic acids is 1. The molecular weight excluding hydrogens is 336 g/mol. The summed E-state index contributed by atoms with van der Waals surface area (Å²) in [6.45, 7) is 6.06. The number of esters is 1. The van der Waals surface area contributed by atoms with E-state index in [2.05, 4.69) is 26.4 Å². The summed E-state index contributed by atoms with van der Waals surface area (Å²) >= 11 is 3.30. The molecule has 20 heavy (non-hydrogen) atoms. The molecular formula is C14H17BrN2O2Si. The number of methoxy groups -OCH3 is 1. The molecule has 106 valence electrons. The van der Waals surface area contributed by atoms with Crippen LogP contribution in [0.4, 0.5) is 0 Å². The van der Waals surface area contributed by atoms with E-state index < -0.39 is 14.0 Å². The van der Waals surface area contributed by atoms with Crippen LogP contribution in [0.2, 0.25) is 19.6 Å². The van der Waals surface area contributed by atoms with Crippen LogP contribution >= 0.6 is 15.9 Å². The first-order valence-corrected chi connectivity index (χ1v) is 10.2. The number of nitrogens with zero attached hydrogens (tertiary/aromatic N) is 2. The number of hydrogen-bond acceptors (Lipinski definition) is 4. The molecule has 0 saturated carbocycles. The highest BCUT2D eigenvalue weighted by Crippen LogP contribution is 2.19. The summed E-state index contributed by atoms with van der Waals surface area (Å²) in [7, 11) is 0.00211. The minimum absolute atomic E-state index is 0.269. The highest BCUT2D eigenvalue weighted by molar-refractivity contribution is 9.10. The molecule has 0 unspecified atom stereocenters. The smallest absolute Gasteiger partial charge is 0.337 e. The van der Waals surface area contributed by atoms with Crippen LogP contribution in [-0.4, -0.2) is 21.2 Å². The second kappa shape index (κ2) is 8.52. The molecule has 0 radical (unpaired) electrons. The molecule has 1 rings (SSSR count). The Morgan fingerprint density at radius 1 is 1.35 bits per heavy atom. The van der Waals surface area contributed by atoms with Gasteiger partial charge in [-0.1, -0.05) is 35.6 Å². The second-order valence-corrected chi connectivity index (χ2v) is 10.6. The predicted octanol–water partition coefficient (Wildman–Crippen LogP) is 3.69. The molecule has 0 aliphatic heterocycles. The molecule has 0 heterocycles. The third-order valence-electron chi connectivity index (χ3n) is 2.07. The van der Waals surface area contributed by atoms with Crippen molar-refractivity contribution >= 4 is 30.0 Å². The fraction of sp³-hybridized carbons (Fsp3) is 0.357. The zero-order valence-electron chi connectivity index (χ0n) is 12.0. The lowest BCUT2D eigenvalue weighted by Gasteiger charge is -2.03. The van der Waals surface area contributed by atoms with Crippen LogP contribution in [0.5, 0.6) is 0 Å². The zero-order chi connectivity index (χ0) is 15.8. The van der Waals surface area contributed by atoms with Gasteiger partial charge in [0.25, 0.3) is 0 Å². The summed E-state index contributed by atoms with van der Waals surface area (Å²) in [6, 6.07) is 7.06. The molecule has 1 aromatic carbocycles. The van der Waals surface area contributed by atoms with E-state index in [1.54, 1.807) is 18.2 Å². The molecule has 0 fully saturated rings. The minimum atomic E-state index is -1.33. The van der Waals surface area contributed by atoms with Crippen molar-refractivity contribution in [2.45, 2.75) is 26.1 Å². The SMILES string of the molecule is COC(=O)c1ccc(Br)c(CC#N)c1.C[Si](C)(C)C#N. The Kier molecular flexibility index (Phi) is 7.82. The van der Waals surface area contributed by atoms with Crippen molar-refractivity contribution < 1.29 is 9.53 Å². The molecule has 0 amide bonds. The van der Waals surface area contributed by atoms with Gasteiger partial charge < -0.3 is 4.74 Å². The van der Waals surface area contributed by atoms with Crippen LogP contribution in [0.25, 0.3) is 0 Å². The summed E-state index contributed by atoms with van der Waals surface area (Å²) in [5.41, 5.74) is 3.49. The van der Waals surface area contributed by atoms with Crippen molar-refractivity contribution in [2.75, 3.05) is 7.11 Å². The lowest BCUT2D eigenvalue weighted by Crippen LogP contribution is -2.15. The van der Waals surface area contributed by atoms with Crippen molar-refractivity contribution in [2.24, 2.45) is 0 Å². The molecule has 0 bridgehead atoms. The highest BCUT2D eigenvalue weighted by Gasteiger charge is 2.09. The van der Waals surface area contributed by atoms with Gasteiger partial charge in [0.05, 0.1) is 25.2 Å². The van der Waals surface area contributed by atoms with Crippen molar-refractivity contribution in [1.29, 1.82) is 10.5 Å². The predicted molar refractivity (Wildman–Crippen MR) is 83.8 cm³/mol. The summed E-state index contributed by atoms with van der Waals surface area (Å²) in [6.07, 6.45) is 0.269. The Hall–Kier alpha value is -1.63. The van der Waals surface area contributed by atoms with Gasteiger partial charge in [-0.2, -0.15) is 5.26 Å². The van der Waals surface area contributed by atoms with Crippen molar-refractivity contribution in [3.63, 3.8) is 0 Å². The van der Waals surface area contributed by atoms with E-state index in [4.69, 9.17) is 10.5 Å². The molecule has 0 aliphatic carbocycles. The number of ether oxygens (including phenoxy) is 1. The van der Waals surface area contributed by atoms with E-state index in [1.807, 2.05) is 25.7 Å². The van der Waals surface area contributed by atoms with Crippen LogP contribution in [-0.2, 0) is 11.2 Å². The standard InChI is InChI=1S/C10H8BrNO2.C4H9NSi/c1-14-10(13)8-2-3-9(11)7(6-8)4-5-12;1-6(2,3)4-5/h2-3,6H,4H2,1H3;1-3H3. The first-order valence-electron chi connectivity index (χ1n) is 5.90. The van der Waals surface area contributed by atoms with Gasteiger partial charge in [0.1, 0.15) is 0 Å². The molecule has 0 atom stereocenters. The lowest BCUT2D eigenvalue weighted by molar-refractivity contribution is 0.0600. The van der Waals surface area contributed by atoms with Gasteiger partial charge in [0, 0.05) is 10.2 Å². The van der Waals surface area contributed by atoms with Crippen LogP contribution in [0.3, 0.4) is 0 Å². The van der Waals surface area contributed by atoms with Crippen LogP contribution < -0.4 is 0 Å². The quantitative estimate of drug-likeness (QED) is 0.600. The topological polar surface area (TPSA) is 73.9 Å². The Balaban J connectivity index is 0.000000511. The van der Waals surface area contributed by atoms with E-state index in [0.717, 1.165) is 10.0 Å². The van der Waals surface area contributed by atoms with Crippen LogP contribution in [0.15, 0.2) is 22.7 Å². The van der Waals surface area contributed by atoms with Gasteiger partial charge in [0.2, 0.25) is 0 Å². The molecule has 0 saturated heterocycles. The van der Waals surface area contributed by atoms with E-state index in [0.29, 0.717) is 5.56 Å². The maximum absolute atomic E-state index is 11.2. The number of nitriles is 2. The fourth-order valence-electron chi connectivity index (χ4n) is 1.04. The molecule has 0 N–H and O–H groups in total. The van der Waals surface area contributed by atoms with Gasteiger partial charge in [-0.25, -0.2) is 10.1 Å². The van der Waals surface area contributed by atoms with E-state index >= 15 is 0 Å². The minimum Gasteiger partial charge on any atom is -0.465 e. The highest BCUT2D eigenvalue weighted by atomic mass is 79.9. The van der Waals surface area contributed by atoms with Crippen LogP contribution in [0, 0.1) is 22.3 Å². The number of carbonyl (C=O) groups is 1. The Labute approximate surface area is 129 Å². The van der Waals surface area contributed by atoms with Crippen LogP contribution in [0.1, 0.15) is 15.9 Å². The monoisotopic (exact) mass is 352 g/mol. The number of rotatable bonds is 2. The Bertz CT molecular complexity index is 554. The number of halogens is 1. The molecule has 1 aromatic rings. The summed E-state index contributed by atoms with van der Waals surface area (Å²) in [4.78, 5) is 11.2. The first kappa shape index (κ1) is 18.4. The van der Waals surface area contributed by atoms with Crippen molar-refractivity contribution in [3.8, 4) is 11.8 Å². The molecule has 0 aliphatic rings. The van der Waals surface area contributed by atoms with E-state index in [9.17, 15) is 4.79 Å². The van der Waals surface area contributed by atoms with Gasteiger partial charge in [0.15, 0.2) is 8.07 Å². The van der Waals surface area contributed by atoms with E-state index in [1.165, 1.54) is 7.11 Å². The summed E-state index contributed by atoms with van der Waals surface area (Å²) in [5.74, 6) is -0.392. The maximum Gasteiger partial charge on any atom is 0.337 e. The average molecular weight is 353 g/mol. The van der Waals surface area contributed by atoms with Gasteiger partial charge in [-0.05, 0) is 23.8 Å². The van der Waals surface area contributed by atoms with Gasteiger partial charge in [-0.15, -0.1) is 0 Å². The first-order chi connectivity index (χ1) is 9.25. The van der Waals surface area contributed by atoms with Gasteiger partial charge >= 0.3 is 5.97 Å². The Morgan fingerprint density at radius 2 is 1.90 bits per heavy atom. The third-order valence-corrected chi connectivity index (χ3v) is 3.52. The zero-order valence-corrected chi connectivity index (χ0v) is 14.6. The largest absolute Gasteiger partial charge is 0.465 e. The van der Waals surface area contributed by atoms with E-state index in [-0.39, 0.29) is 6.42 Å². The molecule has 6 heteroatoms. The summed E-state index contributed by atoms with van der Waals surface area (Å²) < 4.78 is 5.40. The maximum atomic E-state index is 11.2. The third kappa shape index (κ3) is 7.08. The fourth-order valence-corrected chi connectivity index (χ4v) is 1.43. The second-order valence-electron chi connectivity index (χ2n) is 4.99. The Morgan fingerprint density at radius 3 is 2.30 bits per heavy atom. The van der Waals surface area contributed by atoms with Crippen molar-refractivity contribution in [3.05, 3.63) is 33.8 Å². The van der Waals surface area contributed by atoms with Gasteiger partial charge in [-0.3, -0.25) is 0 Å². The average Bonchev–Trinajstić information content (AvgIpc) is 2.40. The number of benzene rings is 1. The summed E-state index contributed by atoms with van der Waals surface area (Å²) in [5, 5.41) is 16.8. The number of hydrogen-bond donors (Lipinski definition) is 0. The molecule has 0 spiro atoms.